The summed E-state index contributed by atoms with van der Waals surface area (Å²) in [4.78, 5) is 16.8. The van der Waals surface area contributed by atoms with Gasteiger partial charge in [0.1, 0.15) is 5.75 Å². The number of carbonyl (C=O) groups excluding carboxylic acids is 1. The van der Waals surface area contributed by atoms with E-state index in [2.05, 4.69) is 15.6 Å². The van der Waals surface area contributed by atoms with Crippen LogP contribution in [0.3, 0.4) is 0 Å². The van der Waals surface area contributed by atoms with Crippen molar-refractivity contribution in [2.75, 3.05) is 32.0 Å². The van der Waals surface area contributed by atoms with Gasteiger partial charge in [0.15, 0.2) is 11.5 Å². The molecular weight excluding hydrogens is 358 g/mol. The molecule has 1 aromatic heterocycles. The molecule has 28 heavy (non-hydrogen) atoms. The number of ether oxygens (including phenoxy) is 3. The molecule has 2 aromatic carbocycles. The van der Waals surface area contributed by atoms with Crippen molar-refractivity contribution in [1.29, 1.82) is 0 Å². The molecule has 0 saturated carbocycles. The zero-order valence-corrected chi connectivity index (χ0v) is 15.9. The Morgan fingerprint density at radius 3 is 2.32 bits per heavy atom. The molecular formula is C21H21N3O4. The average molecular weight is 379 g/mol. The van der Waals surface area contributed by atoms with Crippen LogP contribution in [0.1, 0.15) is 10.4 Å². The maximum Gasteiger partial charge on any atom is 0.257 e. The lowest BCUT2D eigenvalue weighted by Crippen LogP contribution is -2.12. The maximum absolute atomic E-state index is 12.6. The Morgan fingerprint density at radius 2 is 1.57 bits per heavy atom. The summed E-state index contributed by atoms with van der Waals surface area (Å²) in [6.07, 6.45) is 3.14. The van der Waals surface area contributed by atoms with Crippen LogP contribution < -0.4 is 24.8 Å². The fraction of sp³-hybridized carbons (Fsp3) is 0.143. The van der Waals surface area contributed by atoms with Gasteiger partial charge in [-0.05, 0) is 30.3 Å². The van der Waals surface area contributed by atoms with Crippen molar-refractivity contribution in [2.45, 2.75) is 0 Å². The number of rotatable bonds is 7. The summed E-state index contributed by atoms with van der Waals surface area (Å²) in [6.45, 7) is 0. The van der Waals surface area contributed by atoms with Crippen LogP contribution in [0.25, 0.3) is 0 Å². The third-order valence-corrected chi connectivity index (χ3v) is 4.03. The molecule has 0 aliphatic rings. The second-order valence-electron chi connectivity index (χ2n) is 5.81. The minimum Gasteiger partial charge on any atom is -0.495 e. The number of carbonyl (C=O) groups is 1. The molecule has 0 unspecified atom stereocenters. The van der Waals surface area contributed by atoms with Crippen LogP contribution in [0, 0.1) is 0 Å². The number of aromatic nitrogens is 1. The molecule has 1 heterocycles. The first kappa shape index (κ1) is 19.0. The standard InChI is InChI=1S/C21H21N3O4/c1-26-18-7-5-4-6-17(18)23-16-10-14(12-22-13-16)21(25)24-15-8-9-19(27-2)20(11-15)28-3/h4-13,23H,1-3H3,(H,24,25). The van der Waals surface area contributed by atoms with Crippen molar-refractivity contribution in [3.8, 4) is 17.2 Å². The van der Waals surface area contributed by atoms with E-state index in [9.17, 15) is 4.79 Å². The first-order chi connectivity index (χ1) is 13.6. The van der Waals surface area contributed by atoms with E-state index in [-0.39, 0.29) is 5.91 Å². The molecule has 0 aliphatic heterocycles. The number of amides is 1. The number of methoxy groups -OCH3 is 3. The van der Waals surface area contributed by atoms with E-state index >= 15 is 0 Å². The van der Waals surface area contributed by atoms with Gasteiger partial charge in [0.25, 0.3) is 5.91 Å². The number of nitrogens with zero attached hydrogens (tertiary/aromatic N) is 1. The van der Waals surface area contributed by atoms with Crippen LogP contribution >= 0.6 is 0 Å². The van der Waals surface area contributed by atoms with E-state index < -0.39 is 0 Å². The van der Waals surface area contributed by atoms with Gasteiger partial charge in [-0.3, -0.25) is 9.78 Å². The van der Waals surface area contributed by atoms with E-state index in [1.54, 1.807) is 51.8 Å². The Labute approximate surface area is 163 Å². The third kappa shape index (κ3) is 4.32. The topological polar surface area (TPSA) is 81.7 Å². The van der Waals surface area contributed by atoms with Crippen molar-refractivity contribution < 1.29 is 19.0 Å². The van der Waals surface area contributed by atoms with Crippen LogP contribution in [-0.2, 0) is 0 Å². The van der Waals surface area contributed by atoms with Crippen LogP contribution in [-0.4, -0.2) is 32.2 Å². The number of pyridine rings is 1. The first-order valence-electron chi connectivity index (χ1n) is 8.53. The Bertz CT molecular complexity index is 975. The van der Waals surface area contributed by atoms with Gasteiger partial charge in [-0.1, -0.05) is 12.1 Å². The SMILES string of the molecule is COc1ccccc1Nc1cncc(C(=O)Nc2ccc(OC)c(OC)c2)c1. The monoisotopic (exact) mass is 379 g/mol. The molecule has 7 heteroatoms. The number of nitrogens with one attached hydrogen (secondary N) is 2. The molecule has 2 N–H and O–H groups in total. The second kappa shape index (κ2) is 8.77. The van der Waals surface area contributed by atoms with Crippen molar-refractivity contribution in [1.82, 2.24) is 4.98 Å². The van der Waals surface area contributed by atoms with Crippen molar-refractivity contribution in [2.24, 2.45) is 0 Å². The van der Waals surface area contributed by atoms with Crippen molar-refractivity contribution >= 4 is 23.0 Å². The molecule has 0 atom stereocenters. The normalized spacial score (nSPS) is 10.1. The molecule has 0 bridgehead atoms. The highest BCUT2D eigenvalue weighted by Crippen LogP contribution is 2.30. The van der Waals surface area contributed by atoms with E-state index in [1.165, 1.54) is 6.20 Å². The van der Waals surface area contributed by atoms with Crippen molar-refractivity contribution in [3.05, 3.63) is 66.5 Å². The average Bonchev–Trinajstić information content (AvgIpc) is 2.74. The lowest BCUT2D eigenvalue weighted by Gasteiger charge is -2.12. The maximum atomic E-state index is 12.6. The van der Waals surface area contributed by atoms with Gasteiger partial charge in [0, 0.05) is 18.0 Å². The minimum atomic E-state index is -0.289. The van der Waals surface area contributed by atoms with Crippen LogP contribution in [0.15, 0.2) is 60.9 Å². The van der Waals surface area contributed by atoms with E-state index in [0.717, 1.165) is 5.69 Å². The molecule has 1 amide bonds. The molecule has 3 rings (SSSR count). The molecule has 0 aliphatic carbocycles. The lowest BCUT2D eigenvalue weighted by atomic mass is 10.2. The van der Waals surface area contributed by atoms with E-state index in [0.29, 0.717) is 34.2 Å². The molecule has 0 spiro atoms. The van der Waals surface area contributed by atoms with Gasteiger partial charge in [0.05, 0.1) is 44.5 Å². The Morgan fingerprint density at radius 1 is 0.821 bits per heavy atom. The molecule has 0 radical (unpaired) electrons. The Balaban J connectivity index is 1.77. The second-order valence-corrected chi connectivity index (χ2v) is 5.81. The fourth-order valence-electron chi connectivity index (χ4n) is 2.65. The fourth-order valence-corrected chi connectivity index (χ4v) is 2.65. The van der Waals surface area contributed by atoms with E-state index in [4.69, 9.17) is 14.2 Å². The van der Waals surface area contributed by atoms with Crippen LogP contribution in [0.2, 0.25) is 0 Å². The molecule has 3 aromatic rings. The number of anilines is 3. The number of benzene rings is 2. The highest BCUT2D eigenvalue weighted by atomic mass is 16.5. The van der Waals surface area contributed by atoms with Gasteiger partial charge in [-0.2, -0.15) is 0 Å². The summed E-state index contributed by atoms with van der Waals surface area (Å²) in [5.74, 6) is 1.53. The molecule has 7 nitrogen and oxygen atoms in total. The summed E-state index contributed by atoms with van der Waals surface area (Å²) in [6, 6.07) is 14.4. The quantitative estimate of drug-likeness (QED) is 0.643. The highest BCUT2D eigenvalue weighted by Gasteiger charge is 2.11. The van der Waals surface area contributed by atoms with Gasteiger partial charge in [-0.15, -0.1) is 0 Å². The van der Waals surface area contributed by atoms with Gasteiger partial charge < -0.3 is 24.8 Å². The Kier molecular flexibility index (Phi) is 5.96. The Hall–Kier alpha value is -3.74. The minimum absolute atomic E-state index is 0.289. The predicted octanol–water partition coefficient (Wildman–Crippen LogP) is 4.10. The molecule has 144 valence electrons. The van der Waals surface area contributed by atoms with Crippen LogP contribution in [0.5, 0.6) is 17.2 Å². The van der Waals surface area contributed by atoms with Crippen LogP contribution in [0.4, 0.5) is 17.1 Å². The number of hydrogen-bond acceptors (Lipinski definition) is 6. The number of para-hydroxylation sites is 2. The summed E-state index contributed by atoms with van der Waals surface area (Å²) >= 11 is 0. The van der Waals surface area contributed by atoms with Crippen molar-refractivity contribution in [3.63, 3.8) is 0 Å². The molecule has 0 saturated heterocycles. The smallest absolute Gasteiger partial charge is 0.257 e. The number of hydrogen-bond donors (Lipinski definition) is 2. The summed E-state index contributed by atoms with van der Waals surface area (Å²) < 4.78 is 15.8. The largest absolute Gasteiger partial charge is 0.495 e. The van der Waals surface area contributed by atoms with E-state index in [1.807, 2.05) is 24.3 Å². The van der Waals surface area contributed by atoms with Gasteiger partial charge in [-0.25, -0.2) is 0 Å². The summed E-state index contributed by atoms with van der Waals surface area (Å²) in [5, 5.41) is 6.04. The molecule has 0 fully saturated rings. The highest BCUT2D eigenvalue weighted by molar-refractivity contribution is 6.04. The third-order valence-electron chi connectivity index (χ3n) is 4.03. The van der Waals surface area contributed by atoms with Gasteiger partial charge in [0.2, 0.25) is 0 Å². The van der Waals surface area contributed by atoms with Gasteiger partial charge >= 0.3 is 0 Å². The zero-order chi connectivity index (χ0) is 19.9. The summed E-state index contributed by atoms with van der Waals surface area (Å²) in [7, 11) is 4.70. The summed E-state index contributed by atoms with van der Waals surface area (Å²) in [5.41, 5.74) is 2.45. The zero-order valence-electron chi connectivity index (χ0n) is 15.9. The predicted molar refractivity (Wildman–Crippen MR) is 108 cm³/mol. The first-order valence-corrected chi connectivity index (χ1v) is 8.53. The lowest BCUT2D eigenvalue weighted by molar-refractivity contribution is 0.102.